The summed E-state index contributed by atoms with van der Waals surface area (Å²) in [7, 11) is 0. The average molecular weight is 234 g/mol. The van der Waals surface area contributed by atoms with E-state index in [1.165, 1.54) is 5.56 Å². The van der Waals surface area contributed by atoms with Crippen LogP contribution in [-0.2, 0) is 17.8 Å². The second kappa shape index (κ2) is 4.02. The molecule has 0 atom stereocenters. The van der Waals surface area contributed by atoms with E-state index in [9.17, 15) is 4.79 Å². The monoisotopic (exact) mass is 234 g/mol. The van der Waals surface area contributed by atoms with Crippen molar-refractivity contribution < 1.29 is 9.53 Å². The highest BCUT2D eigenvalue weighted by molar-refractivity contribution is 5.69. The highest BCUT2D eigenvalue weighted by Gasteiger charge is 2.27. The lowest BCUT2D eigenvalue weighted by Crippen LogP contribution is -2.33. The molecule has 0 spiro atoms. The standard InChI is InChI=1S/C13H18N2O2/c1-9-5-10-7-15(8-11(10)6-14-9)12(16)17-13(2,3)4/h5-6H,7-8H2,1-4H3. The summed E-state index contributed by atoms with van der Waals surface area (Å²) in [6.45, 7) is 8.79. The molecule has 0 radical (unpaired) electrons. The zero-order valence-electron chi connectivity index (χ0n) is 10.8. The molecular weight excluding hydrogens is 216 g/mol. The number of pyridine rings is 1. The van der Waals surface area contributed by atoms with E-state index >= 15 is 0 Å². The zero-order chi connectivity index (χ0) is 12.6. The second-order valence-corrected chi connectivity index (χ2v) is 5.43. The number of hydrogen-bond acceptors (Lipinski definition) is 3. The number of carbonyl (C=O) groups excluding carboxylic acids is 1. The summed E-state index contributed by atoms with van der Waals surface area (Å²) >= 11 is 0. The minimum Gasteiger partial charge on any atom is -0.444 e. The molecular formula is C13H18N2O2. The predicted octanol–water partition coefficient (Wildman–Crippen LogP) is 2.64. The summed E-state index contributed by atoms with van der Waals surface area (Å²) < 4.78 is 5.35. The fraction of sp³-hybridized carbons (Fsp3) is 0.538. The van der Waals surface area contributed by atoms with Crippen LogP contribution in [0.4, 0.5) is 4.79 Å². The Labute approximate surface area is 102 Å². The van der Waals surface area contributed by atoms with Crippen LogP contribution in [0, 0.1) is 6.92 Å². The molecule has 1 amide bonds. The molecule has 92 valence electrons. The van der Waals surface area contributed by atoms with Crippen molar-refractivity contribution in [1.29, 1.82) is 0 Å². The molecule has 4 nitrogen and oxygen atoms in total. The lowest BCUT2D eigenvalue weighted by atomic mass is 10.2. The van der Waals surface area contributed by atoms with Crippen LogP contribution in [-0.4, -0.2) is 21.6 Å². The molecule has 2 heterocycles. The third-order valence-electron chi connectivity index (χ3n) is 2.59. The van der Waals surface area contributed by atoms with Crippen molar-refractivity contribution in [3.05, 3.63) is 29.1 Å². The highest BCUT2D eigenvalue weighted by atomic mass is 16.6. The molecule has 0 saturated carbocycles. The van der Waals surface area contributed by atoms with Crippen molar-refractivity contribution in [3.63, 3.8) is 0 Å². The molecule has 17 heavy (non-hydrogen) atoms. The molecule has 1 aliphatic heterocycles. The molecule has 1 aromatic rings. The maximum Gasteiger partial charge on any atom is 0.410 e. The van der Waals surface area contributed by atoms with Gasteiger partial charge >= 0.3 is 6.09 Å². The van der Waals surface area contributed by atoms with Gasteiger partial charge in [-0.25, -0.2) is 4.79 Å². The predicted molar refractivity (Wildman–Crippen MR) is 64.5 cm³/mol. The second-order valence-electron chi connectivity index (χ2n) is 5.43. The normalized spacial score (nSPS) is 14.7. The maximum atomic E-state index is 11.9. The summed E-state index contributed by atoms with van der Waals surface area (Å²) in [5.41, 5.74) is 2.82. The Morgan fingerprint density at radius 3 is 2.65 bits per heavy atom. The minimum atomic E-state index is -0.444. The molecule has 1 aromatic heterocycles. The van der Waals surface area contributed by atoms with Crippen LogP contribution >= 0.6 is 0 Å². The van der Waals surface area contributed by atoms with Crippen molar-refractivity contribution in [1.82, 2.24) is 9.88 Å². The van der Waals surface area contributed by atoms with Crippen molar-refractivity contribution >= 4 is 6.09 Å². The topological polar surface area (TPSA) is 42.4 Å². The van der Waals surface area contributed by atoms with Gasteiger partial charge < -0.3 is 4.74 Å². The fourth-order valence-corrected chi connectivity index (χ4v) is 1.86. The van der Waals surface area contributed by atoms with E-state index in [1.54, 1.807) is 4.90 Å². The summed E-state index contributed by atoms with van der Waals surface area (Å²) in [6, 6.07) is 2.03. The van der Waals surface area contributed by atoms with Gasteiger partial charge in [-0.05, 0) is 44.9 Å². The van der Waals surface area contributed by atoms with E-state index in [1.807, 2.05) is 40.0 Å². The first kappa shape index (κ1) is 11.9. The van der Waals surface area contributed by atoms with Gasteiger partial charge in [0, 0.05) is 18.4 Å². The molecule has 0 fully saturated rings. The number of ether oxygens (including phenoxy) is 1. The third-order valence-corrected chi connectivity index (χ3v) is 2.59. The number of amides is 1. The van der Waals surface area contributed by atoms with Crippen molar-refractivity contribution in [2.24, 2.45) is 0 Å². The number of carbonyl (C=O) groups is 1. The van der Waals surface area contributed by atoms with Gasteiger partial charge in [-0.1, -0.05) is 0 Å². The molecule has 4 heteroatoms. The lowest BCUT2D eigenvalue weighted by molar-refractivity contribution is 0.0242. The number of hydrogen-bond donors (Lipinski definition) is 0. The Morgan fingerprint density at radius 2 is 2.00 bits per heavy atom. The number of fused-ring (bicyclic) bond motifs is 1. The van der Waals surface area contributed by atoms with E-state index in [-0.39, 0.29) is 6.09 Å². The van der Waals surface area contributed by atoms with E-state index in [0.29, 0.717) is 13.1 Å². The van der Waals surface area contributed by atoms with Gasteiger partial charge in [0.1, 0.15) is 5.60 Å². The van der Waals surface area contributed by atoms with E-state index in [0.717, 1.165) is 11.3 Å². The molecule has 2 rings (SSSR count). The van der Waals surface area contributed by atoms with Crippen LogP contribution in [0.15, 0.2) is 12.3 Å². The maximum absolute atomic E-state index is 11.9. The lowest BCUT2D eigenvalue weighted by Gasteiger charge is -2.24. The number of aromatic nitrogens is 1. The fourth-order valence-electron chi connectivity index (χ4n) is 1.86. The smallest absolute Gasteiger partial charge is 0.410 e. The number of aryl methyl sites for hydroxylation is 1. The van der Waals surface area contributed by atoms with Gasteiger partial charge in [0.25, 0.3) is 0 Å². The van der Waals surface area contributed by atoms with E-state index in [4.69, 9.17) is 4.74 Å². The summed E-state index contributed by atoms with van der Waals surface area (Å²) in [4.78, 5) is 17.8. The number of rotatable bonds is 0. The third kappa shape index (κ3) is 2.75. The number of nitrogens with zero attached hydrogens (tertiary/aromatic N) is 2. The molecule has 0 saturated heterocycles. The summed E-state index contributed by atoms with van der Waals surface area (Å²) in [5, 5.41) is 0. The van der Waals surface area contributed by atoms with Gasteiger partial charge in [-0.15, -0.1) is 0 Å². The first-order valence-corrected chi connectivity index (χ1v) is 5.77. The summed E-state index contributed by atoms with van der Waals surface area (Å²) in [6.07, 6.45) is 1.58. The Bertz CT molecular complexity index is 449. The van der Waals surface area contributed by atoms with Crippen LogP contribution in [0.2, 0.25) is 0 Å². The first-order chi connectivity index (χ1) is 7.85. The molecule has 0 aromatic carbocycles. The van der Waals surface area contributed by atoms with Gasteiger partial charge in [0.05, 0.1) is 6.54 Å². The first-order valence-electron chi connectivity index (χ1n) is 5.77. The van der Waals surface area contributed by atoms with Crippen LogP contribution in [0.3, 0.4) is 0 Å². The van der Waals surface area contributed by atoms with Crippen LogP contribution in [0.1, 0.15) is 37.6 Å². The van der Waals surface area contributed by atoms with Gasteiger partial charge in [-0.3, -0.25) is 9.88 Å². The van der Waals surface area contributed by atoms with Crippen molar-refractivity contribution in [2.75, 3.05) is 0 Å². The van der Waals surface area contributed by atoms with Crippen molar-refractivity contribution in [3.8, 4) is 0 Å². The molecule has 0 bridgehead atoms. The Morgan fingerprint density at radius 1 is 1.35 bits per heavy atom. The van der Waals surface area contributed by atoms with Gasteiger partial charge in [0.2, 0.25) is 0 Å². The van der Waals surface area contributed by atoms with Crippen molar-refractivity contribution in [2.45, 2.75) is 46.4 Å². The molecule has 1 aliphatic rings. The van der Waals surface area contributed by atoms with E-state index < -0.39 is 5.60 Å². The molecule has 0 aliphatic carbocycles. The Balaban J connectivity index is 2.07. The highest BCUT2D eigenvalue weighted by Crippen LogP contribution is 2.24. The van der Waals surface area contributed by atoms with E-state index in [2.05, 4.69) is 4.98 Å². The largest absolute Gasteiger partial charge is 0.444 e. The van der Waals surface area contributed by atoms with Gasteiger partial charge in [0.15, 0.2) is 0 Å². The molecule has 0 unspecified atom stereocenters. The SMILES string of the molecule is Cc1cc2c(cn1)CN(C(=O)OC(C)(C)C)C2. The van der Waals surface area contributed by atoms with Gasteiger partial charge in [-0.2, -0.15) is 0 Å². The Kier molecular flexibility index (Phi) is 2.81. The Hall–Kier alpha value is -1.58. The minimum absolute atomic E-state index is 0.258. The summed E-state index contributed by atoms with van der Waals surface area (Å²) in [5.74, 6) is 0. The zero-order valence-corrected chi connectivity index (χ0v) is 10.8. The van der Waals surface area contributed by atoms with Crippen LogP contribution in [0.5, 0.6) is 0 Å². The average Bonchev–Trinajstić information content (AvgIpc) is 2.57. The van der Waals surface area contributed by atoms with Crippen LogP contribution in [0.25, 0.3) is 0 Å². The van der Waals surface area contributed by atoms with Crippen LogP contribution < -0.4 is 0 Å². The molecule has 0 N–H and O–H groups in total. The quantitative estimate of drug-likeness (QED) is 0.693.